The zero-order valence-electron chi connectivity index (χ0n) is 32.7. The summed E-state index contributed by atoms with van der Waals surface area (Å²) < 4.78 is 42.8. The Morgan fingerprint density at radius 3 is 2.33 bits per heavy atom. The Bertz CT molecular complexity index is 2270. The van der Waals surface area contributed by atoms with Crippen molar-refractivity contribution in [2.45, 2.75) is 58.0 Å². The van der Waals surface area contributed by atoms with E-state index in [4.69, 9.17) is 25.8 Å². The largest absolute Gasteiger partial charge is 0.493 e. The summed E-state index contributed by atoms with van der Waals surface area (Å²) in [7, 11) is -3.51. The number of halogens is 1. The number of likely N-dealkylation sites (tertiary alicyclic amines) is 1. The van der Waals surface area contributed by atoms with E-state index in [0.29, 0.717) is 55.3 Å². The molecular weight excluding hydrogens is 790 g/mol. The predicted octanol–water partition coefficient (Wildman–Crippen LogP) is 5.38. The molecule has 16 heteroatoms. The van der Waals surface area contributed by atoms with Crippen LogP contribution in [0.5, 0.6) is 17.2 Å². The van der Waals surface area contributed by atoms with Crippen molar-refractivity contribution in [1.29, 1.82) is 0 Å². The van der Waals surface area contributed by atoms with Crippen LogP contribution in [0.2, 0.25) is 5.02 Å². The number of carboxylic acids is 2. The number of hydrogen-bond acceptors (Lipinski definition) is 12. The lowest BCUT2D eigenvalue weighted by atomic mass is 9.93. The number of hydrogen-bond donors (Lipinski definition) is 4. The molecule has 5 rings (SSSR count). The minimum atomic E-state index is -3.51. The molecular formula is C42H48ClN3O11S. The fourth-order valence-corrected chi connectivity index (χ4v) is 7.33. The minimum absolute atomic E-state index is 0.0383. The predicted molar refractivity (Wildman–Crippen MR) is 218 cm³/mol. The Morgan fingerprint density at radius 1 is 0.948 bits per heavy atom. The van der Waals surface area contributed by atoms with Crippen molar-refractivity contribution in [3.63, 3.8) is 0 Å². The lowest BCUT2D eigenvalue weighted by molar-refractivity contribution is -0.145. The van der Waals surface area contributed by atoms with Crippen molar-refractivity contribution < 1.29 is 52.6 Å². The van der Waals surface area contributed by atoms with Crippen LogP contribution in [0, 0.1) is 25.2 Å². The molecule has 2 heterocycles. The maximum atomic E-state index is 12.1. The maximum Gasteiger partial charge on any atom is 0.317 e. The highest BCUT2D eigenvalue weighted by molar-refractivity contribution is 7.90. The number of ether oxygens (including phenoxy) is 3. The van der Waals surface area contributed by atoms with Gasteiger partial charge in [-0.2, -0.15) is 0 Å². The Kier molecular flexibility index (Phi) is 14.5. The molecule has 0 bridgehead atoms. The van der Waals surface area contributed by atoms with Crippen molar-refractivity contribution in [2.24, 2.45) is 16.3 Å². The Labute approximate surface area is 342 Å². The molecule has 4 N–H and O–H groups in total. The van der Waals surface area contributed by atoms with Crippen molar-refractivity contribution >= 4 is 39.6 Å². The van der Waals surface area contributed by atoms with Gasteiger partial charge >= 0.3 is 11.9 Å². The average molecular weight is 838 g/mol. The molecule has 0 spiro atoms. The number of aliphatic hydroxyl groups is 2. The number of aliphatic hydroxyl groups excluding tert-OH is 2. The third kappa shape index (κ3) is 10.9. The molecule has 2 unspecified atom stereocenters. The smallest absolute Gasteiger partial charge is 0.317 e. The van der Waals surface area contributed by atoms with Gasteiger partial charge in [-0.3, -0.25) is 24.5 Å². The number of sulfone groups is 1. The van der Waals surface area contributed by atoms with Crippen LogP contribution >= 0.6 is 11.6 Å². The van der Waals surface area contributed by atoms with Crippen molar-refractivity contribution in [1.82, 2.24) is 9.88 Å². The van der Waals surface area contributed by atoms with E-state index in [9.17, 15) is 38.4 Å². The summed E-state index contributed by atoms with van der Waals surface area (Å²) in [6.45, 7) is 6.41. The van der Waals surface area contributed by atoms with Gasteiger partial charge in [0.15, 0.2) is 9.84 Å². The lowest BCUT2D eigenvalue weighted by Crippen LogP contribution is -2.33. The summed E-state index contributed by atoms with van der Waals surface area (Å²) in [5.74, 6) is -1.66. The van der Waals surface area contributed by atoms with Crippen LogP contribution in [0.3, 0.4) is 0 Å². The minimum Gasteiger partial charge on any atom is -0.493 e. The molecule has 310 valence electrons. The Balaban J connectivity index is 1.32. The molecule has 0 amide bonds. The van der Waals surface area contributed by atoms with Crippen molar-refractivity contribution in [3.05, 3.63) is 99.8 Å². The maximum absolute atomic E-state index is 12.1. The fourth-order valence-electron chi connectivity index (χ4n) is 6.47. The molecule has 14 nitrogen and oxygen atoms in total. The molecule has 1 saturated heterocycles. The van der Waals surface area contributed by atoms with Gasteiger partial charge in [-0.25, -0.2) is 8.42 Å². The lowest BCUT2D eigenvalue weighted by Gasteiger charge is -2.19. The second-order valence-electron chi connectivity index (χ2n) is 14.6. The first-order valence-electron chi connectivity index (χ1n) is 18.5. The second-order valence-corrected chi connectivity index (χ2v) is 17.0. The summed E-state index contributed by atoms with van der Waals surface area (Å²) in [5.41, 5.74) is 4.17. The first-order valence-corrected chi connectivity index (χ1v) is 20.8. The van der Waals surface area contributed by atoms with Crippen LogP contribution < -0.4 is 14.2 Å². The van der Waals surface area contributed by atoms with Gasteiger partial charge in [0.2, 0.25) is 0 Å². The van der Waals surface area contributed by atoms with E-state index in [1.54, 1.807) is 12.1 Å². The van der Waals surface area contributed by atoms with Crippen LogP contribution in [-0.4, -0.2) is 102 Å². The van der Waals surface area contributed by atoms with E-state index in [-0.39, 0.29) is 29.7 Å². The molecule has 0 aliphatic carbocycles. The van der Waals surface area contributed by atoms with Gasteiger partial charge < -0.3 is 34.6 Å². The third-order valence-corrected chi connectivity index (χ3v) is 11.5. The third-order valence-electron chi connectivity index (χ3n) is 10.1. The van der Waals surface area contributed by atoms with Gasteiger partial charge in [-0.15, -0.1) is 0 Å². The van der Waals surface area contributed by atoms with Crippen molar-refractivity contribution in [3.8, 4) is 28.4 Å². The van der Waals surface area contributed by atoms with E-state index in [0.717, 1.165) is 46.0 Å². The van der Waals surface area contributed by atoms with Crippen molar-refractivity contribution in [2.75, 3.05) is 39.1 Å². The number of carboxylic acid groups (broad SMARTS) is 2. The highest BCUT2D eigenvalue weighted by Crippen LogP contribution is 2.37. The summed E-state index contributed by atoms with van der Waals surface area (Å²) >= 11 is 6.73. The first-order chi connectivity index (χ1) is 27.5. The normalized spacial score (nSPS) is 16.9. The molecule has 4 aromatic rings. The van der Waals surface area contributed by atoms with Gasteiger partial charge in [-0.1, -0.05) is 41.9 Å². The van der Waals surface area contributed by atoms with Gasteiger partial charge in [0.1, 0.15) is 35.9 Å². The van der Waals surface area contributed by atoms with Gasteiger partial charge in [0.25, 0.3) is 0 Å². The zero-order valence-corrected chi connectivity index (χ0v) is 34.3. The van der Waals surface area contributed by atoms with Crippen LogP contribution in [-0.2, 0) is 39.2 Å². The van der Waals surface area contributed by atoms with E-state index < -0.39 is 45.8 Å². The van der Waals surface area contributed by atoms with Crippen LogP contribution in [0.25, 0.3) is 11.1 Å². The van der Waals surface area contributed by atoms with Crippen LogP contribution in [0.15, 0.2) is 76.9 Å². The van der Waals surface area contributed by atoms with Gasteiger partial charge in [0, 0.05) is 61.7 Å². The summed E-state index contributed by atoms with van der Waals surface area (Å²) in [6.07, 6.45) is 4.79. The monoisotopic (exact) mass is 837 g/mol. The molecule has 1 aliphatic rings. The number of pyridine rings is 1. The second kappa shape index (κ2) is 19.1. The summed E-state index contributed by atoms with van der Waals surface area (Å²) in [5, 5.41) is 38.8. The van der Waals surface area contributed by atoms with E-state index in [2.05, 4.69) is 9.98 Å². The molecule has 1 aromatic heterocycles. The van der Waals surface area contributed by atoms with E-state index in [1.807, 2.05) is 55.1 Å². The number of β-amino-alcohol motifs (C(OH)–C–C–N with tert-alkyl or cyclic N) is 1. The molecule has 3 aromatic carbocycles. The number of benzene rings is 3. The molecule has 58 heavy (non-hydrogen) atoms. The van der Waals surface area contributed by atoms with E-state index >= 15 is 0 Å². The number of aliphatic imine (C=N–C) groups is 1. The number of aliphatic carboxylic acids is 2. The number of nitrogens with zero attached hydrogens (tertiary/aromatic N) is 3. The summed E-state index contributed by atoms with van der Waals surface area (Å²) in [4.78, 5) is 33.3. The number of aromatic nitrogens is 1. The SMILES string of the molecule is Cc1c(COc2cc(OCc3cncc(S(C)(=O)=O)c3)c(C/N=C/[C@](C)(CO)C(=O)O)cc2Cl)cccc1-c1cccc(OCCCN2CC(O)C(C(=O)O)C2)c1C. The fraction of sp³-hybridized carbons (Fsp3) is 0.381. The number of carbonyl (C=O) groups is 2. The molecule has 1 aliphatic heterocycles. The molecule has 0 radical (unpaired) electrons. The zero-order chi connectivity index (χ0) is 42.2. The number of rotatable bonds is 19. The highest BCUT2D eigenvalue weighted by Gasteiger charge is 2.36. The Morgan fingerprint density at radius 2 is 1.66 bits per heavy atom. The average Bonchev–Trinajstić information content (AvgIpc) is 3.56. The van der Waals surface area contributed by atoms with E-state index in [1.165, 1.54) is 25.4 Å². The Hall–Kier alpha value is -5.06. The standard InChI is InChI=1S/C42H48ClN3O11S/c1-26-29(8-5-9-32(26)33-10-6-11-37(27(33)2)55-13-7-12-46-20-34(40(49)50)36(48)21-46)23-57-39-16-38(56-22-28-14-31(19-44-17-28)58(4,53)54)30(15-35(39)43)18-45-24-42(3,25-47)41(51)52/h5-6,8-11,14-17,19,24,34,36,47-48H,7,12-13,18,20-23,25H2,1-4H3,(H,49,50)(H,51,52)/b45-24+/t34?,36?,42-/m1/s1. The molecule has 0 saturated carbocycles. The molecule has 3 atom stereocenters. The van der Waals surface area contributed by atoms with Gasteiger partial charge in [0.05, 0.1) is 41.7 Å². The van der Waals surface area contributed by atoms with Gasteiger partial charge in [-0.05, 0) is 73.2 Å². The first kappa shape index (κ1) is 44.1. The molecule has 1 fully saturated rings. The van der Waals surface area contributed by atoms with Crippen LogP contribution in [0.1, 0.15) is 41.2 Å². The van der Waals surface area contributed by atoms with Crippen LogP contribution in [0.4, 0.5) is 0 Å². The highest BCUT2D eigenvalue weighted by atomic mass is 35.5. The summed E-state index contributed by atoms with van der Waals surface area (Å²) in [6, 6.07) is 16.5. The topological polar surface area (TPSA) is 205 Å². The quantitative estimate of drug-likeness (QED) is 0.0693.